The summed E-state index contributed by atoms with van der Waals surface area (Å²) in [6, 6.07) is 11.2. The lowest BCUT2D eigenvalue weighted by Crippen LogP contribution is -2.23. The Hall–Kier alpha value is -1.62. The van der Waals surface area contributed by atoms with Gasteiger partial charge in [-0.1, -0.05) is 45.8 Å². The number of alkyl halides is 3. The van der Waals surface area contributed by atoms with E-state index in [1.807, 2.05) is 6.92 Å². The van der Waals surface area contributed by atoms with E-state index in [1.165, 1.54) is 12.1 Å². The molecule has 0 aliphatic heterocycles. The standard InChI is InChI=1S/C16H13BrF3N/c1-10-3-5-12(6-4-10)15(16(18,19)20)21-14-8-7-13(17)9-11(14)2/h3-9H,1-2H3. The molecule has 0 aliphatic rings. The van der Waals surface area contributed by atoms with Crippen molar-refractivity contribution in [3.05, 3.63) is 63.6 Å². The van der Waals surface area contributed by atoms with Crippen molar-refractivity contribution in [1.82, 2.24) is 0 Å². The zero-order valence-electron chi connectivity index (χ0n) is 11.5. The van der Waals surface area contributed by atoms with Crippen LogP contribution in [0.2, 0.25) is 0 Å². The maximum Gasteiger partial charge on any atom is 0.433 e. The lowest BCUT2D eigenvalue weighted by Gasteiger charge is -2.12. The normalized spacial score (nSPS) is 12.6. The Morgan fingerprint density at radius 1 is 1.00 bits per heavy atom. The molecule has 0 atom stereocenters. The zero-order valence-corrected chi connectivity index (χ0v) is 13.1. The summed E-state index contributed by atoms with van der Waals surface area (Å²) in [7, 11) is 0. The maximum absolute atomic E-state index is 13.3. The first-order valence-electron chi connectivity index (χ1n) is 6.26. The molecule has 110 valence electrons. The number of rotatable bonds is 2. The second-order valence-corrected chi connectivity index (χ2v) is 5.67. The third-order valence-electron chi connectivity index (χ3n) is 2.98. The van der Waals surface area contributed by atoms with Gasteiger partial charge in [0.1, 0.15) is 0 Å². The second-order valence-electron chi connectivity index (χ2n) is 4.76. The molecule has 0 bridgehead atoms. The number of aliphatic imine (C=N–C) groups is 1. The molecule has 1 nitrogen and oxygen atoms in total. The number of halogens is 4. The number of hydrogen-bond donors (Lipinski definition) is 0. The van der Waals surface area contributed by atoms with Crippen LogP contribution in [0.3, 0.4) is 0 Å². The first-order valence-corrected chi connectivity index (χ1v) is 7.06. The largest absolute Gasteiger partial charge is 0.433 e. The Bertz CT molecular complexity index is 673. The van der Waals surface area contributed by atoms with Crippen LogP contribution in [0.25, 0.3) is 0 Å². The quantitative estimate of drug-likeness (QED) is 0.608. The predicted molar refractivity (Wildman–Crippen MR) is 82.3 cm³/mol. The van der Waals surface area contributed by atoms with Crippen molar-refractivity contribution in [3.8, 4) is 0 Å². The van der Waals surface area contributed by atoms with Crippen LogP contribution in [-0.2, 0) is 0 Å². The van der Waals surface area contributed by atoms with Crippen LogP contribution in [0.5, 0.6) is 0 Å². The van der Waals surface area contributed by atoms with Gasteiger partial charge in [-0.3, -0.25) is 0 Å². The van der Waals surface area contributed by atoms with E-state index in [0.29, 0.717) is 11.3 Å². The van der Waals surface area contributed by atoms with Crippen LogP contribution in [0.4, 0.5) is 18.9 Å². The molecule has 0 aliphatic carbocycles. The molecular formula is C16H13BrF3N. The summed E-state index contributed by atoms with van der Waals surface area (Å²) in [6.07, 6.45) is -4.51. The molecule has 5 heteroatoms. The summed E-state index contributed by atoms with van der Waals surface area (Å²) in [5.74, 6) is 0. The summed E-state index contributed by atoms with van der Waals surface area (Å²) >= 11 is 3.28. The molecule has 0 saturated heterocycles. The van der Waals surface area contributed by atoms with E-state index in [0.717, 1.165) is 10.0 Å². The molecule has 0 spiro atoms. The Kier molecular flexibility index (Phi) is 4.52. The molecular weight excluding hydrogens is 343 g/mol. The SMILES string of the molecule is Cc1ccc(C(=Nc2ccc(Br)cc2C)C(F)(F)F)cc1. The molecule has 0 aromatic heterocycles. The van der Waals surface area contributed by atoms with Gasteiger partial charge in [-0.25, -0.2) is 4.99 Å². The summed E-state index contributed by atoms with van der Waals surface area (Å²) in [6.45, 7) is 3.56. The number of aryl methyl sites for hydroxylation is 2. The highest BCUT2D eigenvalue weighted by atomic mass is 79.9. The second kappa shape index (κ2) is 6.02. The van der Waals surface area contributed by atoms with E-state index in [9.17, 15) is 13.2 Å². The first kappa shape index (κ1) is 15.8. The van der Waals surface area contributed by atoms with E-state index in [1.54, 1.807) is 37.3 Å². The highest BCUT2D eigenvalue weighted by Gasteiger charge is 2.36. The van der Waals surface area contributed by atoms with E-state index >= 15 is 0 Å². The summed E-state index contributed by atoms with van der Waals surface area (Å²) in [4.78, 5) is 3.84. The van der Waals surface area contributed by atoms with Gasteiger partial charge in [0.25, 0.3) is 0 Å². The minimum absolute atomic E-state index is 0.0652. The third kappa shape index (κ3) is 3.94. The highest BCUT2D eigenvalue weighted by molar-refractivity contribution is 9.10. The van der Waals surface area contributed by atoms with Crippen LogP contribution in [-0.4, -0.2) is 11.9 Å². The van der Waals surface area contributed by atoms with Gasteiger partial charge in [0, 0.05) is 10.0 Å². The van der Waals surface area contributed by atoms with Gasteiger partial charge in [-0.05, 0) is 37.6 Å². The molecule has 0 heterocycles. The topological polar surface area (TPSA) is 12.4 Å². The van der Waals surface area contributed by atoms with Gasteiger partial charge in [0.05, 0.1) is 5.69 Å². The molecule has 0 saturated carbocycles. The fraction of sp³-hybridized carbons (Fsp3) is 0.188. The van der Waals surface area contributed by atoms with Crippen LogP contribution in [0.1, 0.15) is 16.7 Å². The molecule has 0 fully saturated rings. The zero-order chi connectivity index (χ0) is 15.6. The van der Waals surface area contributed by atoms with Crippen molar-refractivity contribution in [2.24, 2.45) is 4.99 Å². The smallest absolute Gasteiger partial charge is 0.243 e. The average Bonchev–Trinajstić information content (AvgIpc) is 2.38. The molecule has 2 aromatic carbocycles. The van der Waals surface area contributed by atoms with Crippen LogP contribution in [0.15, 0.2) is 51.9 Å². The monoisotopic (exact) mass is 355 g/mol. The molecule has 0 unspecified atom stereocenters. The summed E-state index contributed by atoms with van der Waals surface area (Å²) in [5, 5.41) is 0. The third-order valence-corrected chi connectivity index (χ3v) is 3.48. The minimum Gasteiger partial charge on any atom is -0.243 e. The van der Waals surface area contributed by atoms with Gasteiger partial charge >= 0.3 is 6.18 Å². The maximum atomic E-state index is 13.3. The number of benzene rings is 2. The van der Waals surface area contributed by atoms with Gasteiger partial charge < -0.3 is 0 Å². The van der Waals surface area contributed by atoms with E-state index < -0.39 is 11.9 Å². The molecule has 2 aromatic rings. The Labute approximate surface area is 129 Å². The molecule has 0 amide bonds. The van der Waals surface area contributed by atoms with Gasteiger partial charge in [0.15, 0.2) is 5.71 Å². The van der Waals surface area contributed by atoms with Crippen LogP contribution in [0, 0.1) is 13.8 Å². The Balaban J connectivity index is 2.55. The van der Waals surface area contributed by atoms with Crippen LogP contribution < -0.4 is 0 Å². The minimum atomic E-state index is -4.51. The van der Waals surface area contributed by atoms with Gasteiger partial charge in [0.2, 0.25) is 0 Å². The summed E-state index contributed by atoms with van der Waals surface area (Å²) < 4.78 is 40.6. The lowest BCUT2D eigenvalue weighted by molar-refractivity contribution is -0.0579. The highest BCUT2D eigenvalue weighted by Crippen LogP contribution is 2.29. The molecule has 0 radical (unpaired) electrons. The Morgan fingerprint density at radius 3 is 2.14 bits per heavy atom. The molecule has 2 rings (SSSR count). The summed E-state index contributed by atoms with van der Waals surface area (Å²) in [5.41, 5.74) is 1.08. The van der Waals surface area contributed by atoms with E-state index in [-0.39, 0.29) is 5.56 Å². The van der Waals surface area contributed by atoms with Crippen molar-refractivity contribution < 1.29 is 13.2 Å². The fourth-order valence-corrected chi connectivity index (χ4v) is 2.34. The predicted octanol–water partition coefficient (Wildman–Crippen LogP) is 5.75. The van der Waals surface area contributed by atoms with Crippen molar-refractivity contribution in [2.45, 2.75) is 20.0 Å². The molecule has 21 heavy (non-hydrogen) atoms. The first-order chi connectivity index (χ1) is 9.77. The van der Waals surface area contributed by atoms with Crippen molar-refractivity contribution >= 4 is 27.3 Å². The fourth-order valence-electron chi connectivity index (χ4n) is 1.87. The van der Waals surface area contributed by atoms with E-state index in [4.69, 9.17) is 0 Å². The van der Waals surface area contributed by atoms with Crippen molar-refractivity contribution in [2.75, 3.05) is 0 Å². The van der Waals surface area contributed by atoms with Crippen molar-refractivity contribution in [1.29, 1.82) is 0 Å². The van der Waals surface area contributed by atoms with Crippen LogP contribution >= 0.6 is 15.9 Å². The lowest BCUT2D eigenvalue weighted by atomic mass is 10.1. The number of nitrogens with zero attached hydrogens (tertiary/aromatic N) is 1. The molecule has 0 N–H and O–H groups in total. The van der Waals surface area contributed by atoms with Gasteiger partial charge in [-0.2, -0.15) is 13.2 Å². The van der Waals surface area contributed by atoms with Gasteiger partial charge in [-0.15, -0.1) is 0 Å². The van der Waals surface area contributed by atoms with Crippen molar-refractivity contribution in [3.63, 3.8) is 0 Å². The number of hydrogen-bond acceptors (Lipinski definition) is 1. The Morgan fingerprint density at radius 2 is 1.62 bits per heavy atom. The van der Waals surface area contributed by atoms with E-state index in [2.05, 4.69) is 20.9 Å². The average molecular weight is 356 g/mol.